The van der Waals surface area contributed by atoms with Crippen LogP contribution in [0.5, 0.6) is 0 Å². The maximum absolute atomic E-state index is 5.40. The molecule has 2 saturated heterocycles. The van der Waals surface area contributed by atoms with Crippen molar-refractivity contribution in [3.63, 3.8) is 0 Å². The quantitative estimate of drug-likeness (QED) is 0.882. The molecule has 0 aliphatic carbocycles. The molecule has 2 aliphatic heterocycles. The van der Waals surface area contributed by atoms with Crippen molar-refractivity contribution < 1.29 is 4.74 Å². The van der Waals surface area contributed by atoms with Crippen molar-refractivity contribution in [2.75, 3.05) is 49.6 Å². The van der Waals surface area contributed by atoms with Crippen LogP contribution in [0.1, 0.15) is 12.0 Å². The number of aromatic nitrogens is 3. The molecule has 0 saturated carbocycles. The van der Waals surface area contributed by atoms with E-state index in [0.29, 0.717) is 6.04 Å². The minimum Gasteiger partial charge on any atom is -0.378 e. The summed E-state index contributed by atoms with van der Waals surface area (Å²) in [6.45, 7) is 6.30. The van der Waals surface area contributed by atoms with Crippen LogP contribution in [-0.4, -0.2) is 65.3 Å². The van der Waals surface area contributed by atoms with Gasteiger partial charge in [0.2, 0.25) is 5.95 Å². The summed E-state index contributed by atoms with van der Waals surface area (Å²) in [7, 11) is 0. The average Bonchev–Trinajstić information content (AvgIpc) is 3.10. The maximum Gasteiger partial charge on any atom is 0.227 e. The third-order valence-electron chi connectivity index (χ3n) is 4.72. The second kappa shape index (κ2) is 7.76. The summed E-state index contributed by atoms with van der Waals surface area (Å²) >= 11 is 0. The lowest BCUT2D eigenvalue weighted by Gasteiger charge is -2.27. The van der Waals surface area contributed by atoms with Gasteiger partial charge in [0, 0.05) is 57.4 Å². The van der Waals surface area contributed by atoms with Crippen molar-refractivity contribution in [3.05, 3.63) is 42.4 Å². The largest absolute Gasteiger partial charge is 0.378 e. The van der Waals surface area contributed by atoms with Crippen molar-refractivity contribution in [3.8, 4) is 0 Å². The van der Waals surface area contributed by atoms with Crippen LogP contribution in [-0.2, 0) is 11.3 Å². The predicted octanol–water partition coefficient (Wildman–Crippen LogP) is 1.39. The molecule has 2 aromatic heterocycles. The Hall–Kier alpha value is -2.25. The van der Waals surface area contributed by atoms with Gasteiger partial charge in [-0.25, -0.2) is 4.98 Å². The average molecular weight is 340 g/mol. The Morgan fingerprint density at radius 2 is 1.92 bits per heavy atom. The number of nitrogens with one attached hydrogen (secondary N) is 1. The molecule has 7 heteroatoms. The lowest BCUT2D eigenvalue weighted by molar-refractivity contribution is 0.122. The van der Waals surface area contributed by atoms with Crippen molar-refractivity contribution >= 4 is 11.8 Å². The molecule has 7 nitrogen and oxygen atoms in total. The van der Waals surface area contributed by atoms with Crippen LogP contribution in [0.2, 0.25) is 0 Å². The number of hydrogen-bond donors (Lipinski definition) is 1. The van der Waals surface area contributed by atoms with Crippen molar-refractivity contribution in [1.82, 2.24) is 19.9 Å². The number of pyridine rings is 1. The van der Waals surface area contributed by atoms with E-state index in [0.717, 1.165) is 64.1 Å². The SMILES string of the molecule is c1cc(CN2CCC(Nc3ccnc(N4CCOCC4)n3)C2)ccn1. The van der Waals surface area contributed by atoms with Crippen LogP contribution in [0, 0.1) is 0 Å². The summed E-state index contributed by atoms with van der Waals surface area (Å²) in [6, 6.07) is 6.55. The standard InChI is InChI=1S/C18H24N6O/c1-5-19-6-2-15(1)13-23-8-4-16(14-23)21-17-3-7-20-18(22-17)24-9-11-25-12-10-24/h1-3,5-7,16H,4,8-14H2,(H,20,21,22). The summed E-state index contributed by atoms with van der Waals surface area (Å²) in [5.41, 5.74) is 1.31. The number of rotatable bonds is 5. The van der Waals surface area contributed by atoms with Crippen molar-refractivity contribution in [2.45, 2.75) is 19.0 Å². The maximum atomic E-state index is 5.40. The van der Waals surface area contributed by atoms with Crippen LogP contribution >= 0.6 is 0 Å². The molecule has 4 rings (SSSR count). The van der Waals surface area contributed by atoms with E-state index in [1.165, 1.54) is 5.56 Å². The fourth-order valence-corrected chi connectivity index (χ4v) is 3.39. The molecule has 25 heavy (non-hydrogen) atoms. The topological polar surface area (TPSA) is 66.4 Å². The fraction of sp³-hybridized carbons (Fsp3) is 0.500. The molecule has 0 spiro atoms. The molecule has 0 bridgehead atoms. The summed E-state index contributed by atoms with van der Waals surface area (Å²) in [5.74, 6) is 1.70. The van der Waals surface area contributed by atoms with E-state index in [1.54, 1.807) is 0 Å². The third-order valence-corrected chi connectivity index (χ3v) is 4.72. The van der Waals surface area contributed by atoms with E-state index in [4.69, 9.17) is 9.72 Å². The highest BCUT2D eigenvalue weighted by atomic mass is 16.5. The van der Waals surface area contributed by atoms with Crippen LogP contribution in [0.15, 0.2) is 36.8 Å². The van der Waals surface area contributed by atoms with Gasteiger partial charge >= 0.3 is 0 Å². The predicted molar refractivity (Wildman–Crippen MR) is 96.6 cm³/mol. The summed E-state index contributed by atoms with van der Waals surface area (Å²) < 4.78 is 5.40. The number of anilines is 2. The minimum absolute atomic E-state index is 0.425. The molecule has 0 radical (unpaired) electrons. The summed E-state index contributed by atoms with van der Waals surface area (Å²) in [5, 5.41) is 3.57. The smallest absolute Gasteiger partial charge is 0.227 e. The summed E-state index contributed by atoms with van der Waals surface area (Å²) in [4.78, 5) is 17.8. The van der Waals surface area contributed by atoms with Crippen molar-refractivity contribution in [2.24, 2.45) is 0 Å². The van der Waals surface area contributed by atoms with Gasteiger partial charge in [0.15, 0.2) is 0 Å². The highest BCUT2D eigenvalue weighted by molar-refractivity contribution is 5.42. The molecular weight excluding hydrogens is 316 g/mol. The Balaban J connectivity index is 1.33. The highest BCUT2D eigenvalue weighted by Crippen LogP contribution is 2.18. The molecule has 0 aromatic carbocycles. The van der Waals surface area contributed by atoms with Crippen LogP contribution in [0.4, 0.5) is 11.8 Å². The van der Waals surface area contributed by atoms with E-state index in [1.807, 2.05) is 24.7 Å². The number of hydrogen-bond acceptors (Lipinski definition) is 7. The first kappa shape index (κ1) is 16.2. The van der Waals surface area contributed by atoms with Gasteiger partial charge < -0.3 is 15.0 Å². The number of likely N-dealkylation sites (tertiary alicyclic amines) is 1. The van der Waals surface area contributed by atoms with E-state index in [2.05, 4.69) is 37.2 Å². The monoisotopic (exact) mass is 340 g/mol. The molecule has 2 aromatic rings. The first-order valence-corrected chi connectivity index (χ1v) is 8.90. The van der Waals surface area contributed by atoms with Gasteiger partial charge in [0.1, 0.15) is 5.82 Å². The molecule has 1 unspecified atom stereocenters. The number of morpholine rings is 1. The lowest BCUT2D eigenvalue weighted by Crippen LogP contribution is -2.37. The van der Waals surface area contributed by atoms with Gasteiger partial charge in [0.05, 0.1) is 13.2 Å². The zero-order valence-electron chi connectivity index (χ0n) is 14.3. The Kier molecular flexibility index (Phi) is 5.03. The molecule has 132 valence electrons. The van der Waals surface area contributed by atoms with E-state index in [9.17, 15) is 0 Å². The van der Waals surface area contributed by atoms with Crippen LogP contribution < -0.4 is 10.2 Å². The molecule has 4 heterocycles. The molecule has 2 aliphatic rings. The van der Waals surface area contributed by atoms with Gasteiger partial charge in [-0.05, 0) is 30.2 Å². The normalized spacial score (nSPS) is 21.4. The number of ether oxygens (including phenoxy) is 1. The molecule has 2 fully saturated rings. The molecule has 1 atom stereocenters. The Morgan fingerprint density at radius 1 is 1.08 bits per heavy atom. The molecule has 0 amide bonds. The van der Waals surface area contributed by atoms with Crippen LogP contribution in [0.25, 0.3) is 0 Å². The molecular formula is C18H24N6O. The first-order valence-electron chi connectivity index (χ1n) is 8.90. The Labute approximate surface area is 148 Å². The lowest BCUT2D eigenvalue weighted by atomic mass is 10.2. The Morgan fingerprint density at radius 3 is 2.76 bits per heavy atom. The summed E-state index contributed by atoms with van der Waals surface area (Å²) in [6.07, 6.45) is 6.68. The highest BCUT2D eigenvalue weighted by Gasteiger charge is 2.23. The Bertz CT molecular complexity index is 676. The van der Waals surface area contributed by atoms with Gasteiger partial charge in [0.25, 0.3) is 0 Å². The minimum atomic E-state index is 0.425. The molecule has 1 N–H and O–H groups in total. The zero-order valence-corrected chi connectivity index (χ0v) is 14.3. The van der Waals surface area contributed by atoms with E-state index in [-0.39, 0.29) is 0 Å². The fourth-order valence-electron chi connectivity index (χ4n) is 3.39. The first-order chi connectivity index (χ1) is 12.4. The van der Waals surface area contributed by atoms with Gasteiger partial charge in [-0.3, -0.25) is 9.88 Å². The third kappa shape index (κ3) is 4.24. The van der Waals surface area contributed by atoms with Crippen molar-refractivity contribution in [1.29, 1.82) is 0 Å². The zero-order chi connectivity index (χ0) is 16.9. The second-order valence-electron chi connectivity index (χ2n) is 6.56. The van der Waals surface area contributed by atoms with E-state index < -0.39 is 0 Å². The van der Waals surface area contributed by atoms with E-state index >= 15 is 0 Å². The van der Waals surface area contributed by atoms with Gasteiger partial charge in [-0.1, -0.05) is 0 Å². The van der Waals surface area contributed by atoms with Gasteiger partial charge in [-0.2, -0.15) is 4.98 Å². The van der Waals surface area contributed by atoms with Crippen LogP contribution in [0.3, 0.4) is 0 Å². The second-order valence-corrected chi connectivity index (χ2v) is 6.56. The number of nitrogens with zero attached hydrogens (tertiary/aromatic N) is 5. The van der Waals surface area contributed by atoms with Gasteiger partial charge in [-0.15, -0.1) is 0 Å².